The van der Waals surface area contributed by atoms with Crippen LogP contribution in [0.3, 0.4) is 0 Å². The molecule has 3 rings (SSSR count). The van der Waals surface area contributed by atoms with Crippen LogP contribution in [0.15, 0.2) is 53.1 Å². The van der Waals surface area contributed by atoms with Crippen LogP contribution >= 0.6 is 0 Å². The van der Waals surface area contributed by atoms with Gasteiger partial charge in [0, 0.05) is 23.4 Å². The summed E-state index contributed by atoms with van der Waals surface area (Å²) < 4.78 is 11.7. The van der Waals surface area contributed by atoms with E-state index in [4.69, 9.17) is 14.9 Å². The van der Waals surface area contributed by atoms with E-state index >= 15 is 0 Å². The Kier molecular flexibility index (Phi) is 8.83. The zero-order chi connectivity index (χ0) is 26.3. The van der Waals surface area contributed by atoms with Crippen molar-refractivity contribution < 1.29 is 13.9 Å². The van der Waals surface area contributed by atoms with Gasteiger partial charge in [0.05, 0.1) is 6.61 Å². The average molecular weight is 492 g/mol. The summed E-state index contributed by atoms with van der Waals surface area (Å²) >= 11 is 0. The third kappa shape index (κ3) is 6.68. The lowest BCUT2D eigenvalue weighted by molar-refractivity contribution is 0.0947. The maximum Gasteiger partial charge on any atom is 0.273 e. The molecule has 0 aliphatic rings. The van der Waals surface area contributed by atoms with Gasteiger partial charge in [-0.2, -0.15) is 0 Å². The Morgan fingerprint density at radius 1 is 1.00 bits per heavy atom. The van der Waals surface area contributed by atoms with Gasteiger partial charge in [0.1, 0.15) is 12.0 Å². The second kappa shape index (κ2) is 11.6. The van der Waals surface area contributed by atoms with Crippen molar-refractivity contribution in [3.63, 3.8) is 0 Å². The molecule has 1 aromatic heterocycles. The van der Waals surface area contributed by atoms with Crippen LogP contribution in [0.1, 0.15) is 88.8 Å². The van der Waals surface area contributed by atoms with Crippen molar-refractivity contribution in [2.75, 3.05) is 18.9 Å². The molecule has 0 spiro atoms. The summed E-state index contributed by atoms with van der Waals surface area (Å²) in [7, 11) is 0. The Labute approximate surface area is 215 Å². The summed E-state index contributed by atoms with van der Waals surface area (Å²) in [4.78, 5) is 16.7. The maximum absolute atomic E-state index is 12.4. The molecule has 3 N–H and O–H groups in total. The quantitative estimate of drug-likeness (QED) is 0.213. The lowest BCUT2D eigenvalue weighted by atomic mass is 9.76. The number of benzene rings is 2. The second-order valence-electron chi connectivity index (χ2n) is 10.7. The first kappa shape index (κ1) is 27.3. The van der Waals surface area contributed by atoms with E-state index in [9.17, 15) is 4.79 Å². The molecular formula is C30H41N3O3. The minimum Gasteiger partial charge on any atom is -0.493 e. The normalized spacial score (nSPS) is 11.9. The number of aromatic nitrogens is 1. The van der Waals surface area contributed by atoms with Crippen LogP contribution in [0, 0.1) is 0 Å². The summed E-state index contributed by atoms with van der Waals surface area (Å²) in [6, 6.07) is 13.8. The van der Waals surface area contributed by atoms with Crippen LogP contribution in [0.5, 0.6) is 5.75 Å². The van der Waals surface area contributed by atoms with Gasteiger partial charge in [-0.1, -0.05) is 53.7 Å². The van der Waals surface area contributed by atoms with Crippen molar-refractivity contribution in [2.24, 2.45) is 0 Å². The van der Waals surface area contributed by atoms with Crippen molar-refractivity contribution in [1.82, 2.24) is 10.3 Å². The van der Waals surface area contributed by atoms with Crippen LogP contribution in [0.2, 0.25) is 0 Å². The fraction of sp³-hybridized carbons (Fsp3) is 0.467. The van der Waals surface area contributed by atoms with Crippen LogP contribution in [0.4, 0.5) is 5.69 Å². The number of amides is 1. The minimum atomic E-state index is -0.248. The summed E-state index contributed by atoms with van der Waals surface area (Å²) in [6.07, 6.45) is 5.14. The van der Waals surface area contributed by atoms with Gasteiger partial charge in [-0.25, -0.2) is 4.98 Å². The average Bonchev–Trinajstić information content (AvgIpc) is 3.37. The van der Waals surface area contributed by atoms with Crippen LogP contribution in [-0.4, -0.2) is 24.0 Å². The van der Waals surface area contributed by atoms with Gasteiger partial charge < -0.3 is 20.2 Å². The summed E-state index contributed by atoms with van der Waals surface area (Å²) in [5.74, 6) is 1.11. The number of hydrogen-bond donors (Lipinski definition) is 2. The molecule has 0 bridgehead atoms. The largest absolute Gasteiger partial charge is 0.493 e. The van der Waals surface area contributed by atoms with Gasteiger partial charge in [0.2, 0.25) is 5.89 Å². The fourth-order valence-corrected chi connectivity index (χ4v) is 3.84. The topological polar surface area (TPSA) is 90.4 Å². The molecule has 0 unspecified atom stereocenters. The van der Waals surface area contributed by atoms with E-state index in [1.165, 1.54) is 17.4 Å². The van der Waals surface area contributed by atoms with Gasteiger partial charge >= 0.3 is 0 Å². The summed E-state index contributed by atoms with van der Waals surface area (Å²) in [5.41, 5.74) is 10.2. The molecule has 0 aliphatic carbocycles. The van der Waals surface area contributed by atoms with Crippen LogP contribution < -0.4 is 15.8 Å². The van der Waals surface area contributed by atoms with E-state index < -0.39 is 0 Å². The number of carbonyl (C=O) groups excluding carboxylic acids is 1. The number of unbranched alkanes of at least 4 members (excludes halogenated alkanes) is 1. The standard InChI is InChI=1S/C30H41N3O3/c1-7-29(3,4)22-13-16-26(24(19-22)30(5,6)8-2)35-18-10-9-17-32-27(34)25-20-36-28(33-25)21-11-14-23(31)15-12-21/h11-16,19-20H,7-10,17-18,31H2,1-6H3,(H,32,34). The molecule has 194 valence electrons. The predicted molar refractivity (Wildman–Crippen MR) is 146 cm³/mol. The van der Waals surface area contributed by atoms with Crippen LogP contribution in [-0.2, 0) is 10.8 Å². The highest BCUT2D eigenvalue weighted by molar-refractivity contribution is 5.92. The number of anilines is 1. The Morgan fingerprint density at radius 3 is 2.36 bits per heavy atom. The fourth-order valence-electron chi connectivity index (χ4n) is 3.84. The number of nitrogens with one attached hydrogen (secondary N) is 1. The molecule has 0 saturated heterocycles. The lowest BCUT2D eigenvalue weighted by Gasteiger charge is -2.30. The summed E-state index contributed by atoms with van der Waals surface area (Å²) in [5, 5.41) is 2.91. The Bertz CT molecular complexity index is 1150. The number of rotatable bonds is 12. The van der Waals surface area contributed by atoms with Gasteiger partial charge in [0.25, 0.3) is 5.91 Å². The number of oxazole rings is 1. The maximum atomic E-state index is 12.4. The number of nitrogen functional groups attached to an aromatic ring is 1. The van der Waals surface area contributed by atoms with Crippen molar-refractivity contribution in [3.05, 3.63) is 65.5 Å². The van der Waals surface area contributed by atoms with Gasteiger partial charge in [-0.3, -0.25) is 4.79 Å². The Hall–Kier alpha value is -3.28. The van der Waals surface area contributed by atoms with Crippen molar-refractivity contribution in [1.29, 1.82) is 0 Å². The Balaban J connectivity index is 1.50. The zero-order valence-corrected chi connectivity index (χ0v) is 22.6. The zero-order valence-electron chi connectivity index (χ0n) is 22.6. The smallest absolute Gasteiger partial charge is 0.273 e. The van der Waals surface area contributed by atoms with E-state index in [1.54, 1.807) is 12.1 Å². The number of nitrogens with two attached hydrogens (primary N) is 1. The lowest BCUT2D eigenvalue weighted by Crippen LogP contribution is -2.25. The molecular weight excluding hydrogens is 450 g/mol. The highest BCUT2D eigenvalue weighted by atomic mass is 16.5. The first-order valence-electron chi connectivity index (χ1n) is 12.9. The third-order valence-corrected chi connectivity index (χ3v) is 7.27. The molecule has 36 heavy (non-hydrogen) atoms. The molecule has 2 aromatic carbocycles. The molecule has 1 heterocycles. The number of ether oxygens (including phenoxy) is 1. The van der Waals surface area contributed by atoms with E-state index in [0.717, 1.165) is 37.0 Å². The van der Waals surface area contributed by atoms with E-state index in [2.05, 4.69) is 70.0 Å². The van der Waals surface area contributed by atoms with Crippen molar-refractivity contribution >= 4 is 11.6 Å². The molecule has 0 radical (unpaired) electrons. The predicted octanol–water partition coefficient (Wildman–Crippen LogP) is 6.89. The van der Waals surface area contributed by atoms with Gasteiger partial charge in [-0.15, -0.1) is 0 Å². The molecule has 1 amide bonds. The molecule has 6 nitrogen and oxygen atoms in total. The second-order valence-corrected chi connectivity index (χ2v) is 10.7. The third-order valence-electron chi connectivity index (χ3n) is 7.27. The molecule has 0 aliphatic heterocycles. The highest BCUT2D eigenvalue weighted by Crippen LogP contribution is 2.38. The van der Waals surface area contributed by atoms with Gasteiger partial charge in [-0.05, 0) is 72.4 Å². The monoisotopic (exact) mass is 491 g/mol. The highest BCUT2D eigenvalue weighted by Gasteiger charge is 2.26. The number of nitrogens with zero attached hydrogens (tertiary/aromatic N) is 1. The Morgan fingerprint density at radius 2 is 1.69 bits per heavy atom. The van der Waals surface area contributed by atoms with Crippen molar-refractivity contribution in [3.8, 4) is 17.2 Å². The van der Waals surface area contributed by atoms with Crippen LogP contribution in [0.25, 0.3) is 11.5 Å². The summed E-state index contributed by atoms with van der Waals surface area (Å²) in [6.45, 7) is 14.7. The molecule has 6 heteroatoms. The molecule has 0 fully saturated rings. The first-order valence-corrected chi connectivity index (χ1v) is 12.9. The molecule has 0 saturated carbocycles. The SMILES string of the molecule is CCC(C)(C)c1ccc(OCCCCNC(=O)c2coc(-c3ccc(N)cc3)n2)c(C(C)(C)CC)c1. The molecule has 0 atom stereocenters. The number of hydrogen-bond acceptors (Lipinski definition) is 5. The van der Waals surface area contributed by atoms with E-state index in [-0.39, 0.29) is 22.4 Å². The van der Waals surface area contributed by atoms with Gasteiger partial charge in [0.15, 0.2) is 5.69 Å². The van der Waals surface area contributed by atoms with E-state index in [0.29, 0.717) is 24.7 Å². The van der Waals surface area contributed by atoms with E-state index in [1.807, 2.05) is 12.1 Å². The first-order chi connectivity index (χ1) is 17.1. The molecule has 3 aromatic rings. The van der Waals surface area contributed by atoms with Crippen molar-refractivity contribution in [2.45, 2.75) is 78.1 Å². The minimum absolute atomic E-state index is 0.0337. The number of carbonyl (C=O) groups is 1.